The summed E-state index contributed by atoms with van der Waals surface area (Å²) in [4.78, 5) is 5.82. The van der Waals surface area contributed by atoms with E-state index in [4.69, 9.17) is 4.84 Å². The molecular formula is C17H16FNO. The van der Waals surface area contributed by atoms with Crippen molar-refractivity contribution >= 4 is 5.71 Å². The predicted molar refractivity (Wildman–Crippen MR) is 77.1 cm³/mol. The summed E-state index contributed by atoms with van der Waals surface area (Å²) < 4.78 is 13.2. The molecule has 0 fully saturated rings. The fourth-order valence-electron chi connectivity index (χ4n) is 2.59. The van der Waals surface area contributed by atoms with Gasteiger partial charge in [0.05, 0.1) is 5.71 Å². The van der Waals surface area contributed by atoms with E-state index in [1.54, 1.807) is 12.1 Å². The molecule has 3 rings (SSSR count). The van der Waals surface area contributed by atoms with E-state index in [0.717, 1.165) is 23.3 Å². The summed E-state index contributed by atoms with van der Waals surface area (Å²) in [5, 5.41) is 4.21. The topological polar surface area (TPSA) is 21.6 Å². The lowest BCUT2D eigenvalue weighted by Gasteiger charge is -2.27. The van der Waals surface area contributed by atoms with Crippen LogP contribution in [0, 0.1) is 5.82 Å². The summed E-state index contributed by atoms with van der Waals surface area (Å²) in [7, 11) is 0. The third-order valence-corrected chi connectivity index (χ3v) is 3.74. The Labute approximate surface area is 117 Å². The fourth-order valence-corrected chi connectivity index (χ4v) is 2.59. The lowest BCUT2D eigenvalue weighted by Crippen LogP contribution is -2.27. The zero-order valence-corrected chi connectivity index (χ0v) is 11.3. The van der Waals surface area contributed by atoms with Crippen LogP contribution in [0.5, 0.6) is 0 Å². The number of benzene rings is 2. The van der Waals surface area contributed by atoms with Gasteiger partial charge in [-0.25, -0.2) is 4.39 Å². The molecule has 2 nitrogen and oxygen atoms in total. The van der Waals surface area contributed by atoms with Gasteiger partial charge in [-0.1, -0.05) is 54.5 Å². The van der Waals surface area contributed by atoms with Gasteiger partial charge in [0.1, 0.15) is 5.82 Å². The van der Waals surface area contributed by atoms with Crippen LogP contribution in [0.3, 0.4) is 0 Å². The van der Waals surface area contributed by atoms with Crippen molar-refractivity contribution in [2.45, 2.75) is 25.4 Å². The molecule has 0 aliphatic carbocycles. The van der Waals surface area contributed by atoms with Crippen LogP contribution in [0.25, 0.3) is 0 Å². The van der Waals surface area contributed by atoms with Crippen molar-refractivity contribution in [2.24, 2.45) is 5.16 Å². The molecule has 102 valence electrons. The van der Waals surface area contributed by atoms with Crippen LogP contribution in [0.15, 0.2) is 59.8 Å². The number of nitrogens with zero attached hydrogens (tertiary/aromatic N) is 1. The highest BCUT2D eigenvalue weighted by molar-refractivity contribution is 5.86. The van der Waals surface area contributed by atoms with E-state index in [1.807, 2.05) is 30.3 Å². The Morgan fingerprint density at radius 1 is 1.05 bits per heavy atom. The second kappa shape index (κ2) is 5.08. The zero-order chi connectivity index (χ0) is 14.0. The number of hydrogen-bond acceptors (Lipinski definition) is 2. The quantitative estimate of drug-likeness (QED) is 0.816. The van der Waals surface area contributed by atoms with E-state index in [-0.39, 0.29) is 5.82 Å². The van der Waals surface area contributed by atoms with Gasteiger partial charge in [-0.15, -0.1) is 0 Å². The first-order valence-electron chi connectivity index (χ1n) is 6.80. The van der Waals surface area contributed by atoms with Gasteiger partial charge in [0, 0.05) is 17.5 Å². The second-order valence-electron chi connectivity index (χ2n) is 4.98. The molecule has 0 amide bonds. The molecule has 1 unspecified atom stereocenters. The highest BCUT2D eigenvalue weighted by Crippen LogP contribution is 2.41. The molecule has 0 spiro atoms. The molecule has 0 N–H and O–H groups in total. The predicted octanol–water partition coefficient (Wildman–Crippen LogP) is 4.26. The Morgan fingerprint density at radius 2 is 1.70 bits per heavy atom. The van der Waals surface area contributed by atoms with Crippen molar-refractivity contribution in [1.82, 2.24) is 0 Å². The van der Waals surface area contributed by atoms with Crippen molar-refractivity contribution < 1.29 is 9.23 Å². The molecule has 0 bridgehead atoms. The van der Waals surface area contributed by atoms with Crippen molar-refractivity contribution in [1.29, 1.82) is 0 Å². The van der Waals surface area contributed by atoms with Crippen LogP contribution >= 0.6 is 0 Å². The van der Waals surface area contributed by atoms with E-state index >= 15 is 0 Å². The molecule has 1 heterocycles. The summed E-state index contributed by atoms with van der Waals surface area (Å²) in [5.74, 6) is -0.244. The van der Waals surface area contributed by atoms with E-state index in [0.29, 0.717) is 6.42 Å². The van der Waals surface area contributed by atoms with Crippen molar-refractivity contribution in [3.63, 3.8) is 0 Å². The number of rotatable bonds is 3. The third kappa shape index (κ3) is 2.09. The van der Waals surface area contributed by atoms with Crippen LogP contribution in [0.4, 0.5) is 4.39 Å². The van der Waals surface area contributed by atoms with E-state index in [2.05, 4.69) is 12.1 Å². The Bertz CT molecular complexity index is 621. The van der Waals surface area contributed by atoms with E-state index in [9.17, 15) is 4.39 Å². The molecule has 2 aromatic rings. The largest absolute Gasteiger partial charge is 0.379 e. The SMILES string of the molecule is CCC1=NOC(c2ccccc2)(c2ccc(F)cc2)C1. The van der Waals surface area contributed by atoms with Gasteiger partial charge in [0.15, 0.2) is 5.60 Å². The molecule has 0 saturated carbocycles. The van der Waals surface area contributed by atoms with E-state index in [1.165, 1.54) is 12.1 Å². The van der Waals surface area contributed by atoms with Gasteiger partial charge in [0.25, 0.3) is 0 Å². The fraction of sp³-hybridized carbons (Fsp3) is 0.235. The standard InChI is InChI=1S/C17H16FNO/c1-2-16-12-17(20-19-16,13-6-4-3-5-7-13)14-8-10-15(18)11-9-14/h3-11H,2,12H2,1H3. The maximum absolute atomic E-state index is 13.2. The number of oxime groups is 1. The average molecular weight is 269 g/mol. The Kier molecular flexibility index (Phi) is 3.26. The minimum atomic E-state index is -0.625. The zero-order valence-electron chi connectivity index (χ0n) is 11.3. The molecular weight excluding hydrogens is 253 g/mol. The highest BCUT2D eigenvalue weighted by atomic mass is 19.1. The van der Waals surface area contributed by atoms with Gasteiger partial charge >= 0.3 is 0 Å². The summed E-state index contributed by atoms with van der Waals surface area (Å²) >= 11 is 0. The molecule has 2 aromatic carbocycles. The molecule has 1 aliphatic heterocycles. The van der Waals surface area contributed by atoms with Gasteiger partial charge in [-0.05, 0) is 18.6 Å². The summed E-state index contributed by atoms with van der Waals surface area (Å²) in [6, 6.07) is 16.5. The molecule has 3 heteroatoms. The normalized spacial score (nSPS) is 21.4. The Morgan fingerprint density at radius 3 is 2.30 bits per heavy atom. The van der Waals surface area contributed by atoms with Crippen molar-refractivity contribution in [3.05, 3.63) is 71.5 Å². The maximum Gasteiger partial charge on any atom is 0.193 e. The van der Waals surface area contributed by atoms with Gasteiger partial charge in [0.2, 0.25) is 0 Å². The first kappa shape index (κ1) is 12.9. The first-order chi connectivity index (χ1) is 9.74. The summed E-state index contributed by atoms with van der Waals surface area (Å²) in [6.45, 7) is 2.06. The molecule has 20 heavy (non-hydrogen) atoms. The van der Waals surface area contributed by atoms with Gasteiger partial charge < -0.3 is 4.84 Å². The number of hydrogen-bond donors (Lipinski definition) is 0. The average Bonchev–Trinajstić information content (AvgIpc) is 2.94. The molecule has 0 aromatic heterocycles. The Balaban J connectivity index is 2.08. The minimum Gasteiger partial charge on any atom is -0.379 e. The van der Waals surface area contributed by atoms with Crippen molar-refractivity contribution in [2.75, 3.05) is 0 Å². The van der Waals surface area contributed by atoms with Gasteiger partial charge in [-0.2, -0.15) is 0 Å². The van der Waals surface area contributed by atoms with E-state index < -0.39 is 5.60 Å². The number of halogens is 1. The van der Waals surface area contributed by atoms with Crippen LogP contribution in [0.2, 0.25) is 0 Å². The third-order valence-electron chi connectivity index (χ3n) is 3.74. The molecule has 0 radical (unpaired) electrons. The first-order valence-corrected chi connectivity index (χ1v) is 6.80. The molecule has 1 aliphatic rings. The summed E-state index contributed by atoms with van der Waals surface area (Å²) in [5.41, 5.74) is 2.37. The highest BCUT2D eigenvalue weighted by Gasteiger charge is 2.42. The van der Waals surface area contributed by atoms with Crippen LogP contribution in [0.1, 0.15) is 30.9 Å². The lowest BCUT2D eigenvalue weighted by molar-refractivity contribution is 0.0111. The van der Waals surface area contributed by atoms with Crippen LogP contribution in [-0.4, -0.2) is 5.71 Å². The van der Waals surface area contributed by atoms with Crippen LogP contribution < -0.4 is 0 Å². The second-order valence-corrected chi connectivity index (χ2v) is 4.98. The minimum absolute atomic E-state index is 0.244. The monoisotopic (exact) mass is 269 g/mol. The van der Waals surface area contributed by atoms with Crippen molar-refractivity contribution in [3.8, 4) is 0 Å². The summed E-state index contributed by atoms with van der Waals surface area (Å²) in [6.07, 6.45) is 1.56. The molecule has 0 saturated heterocycles. The Hall–Kier alpha value is -2.16. The molecule has 1 atom stereocenters. The van der Waals surface area contributed by atoms with Gasteiger partial charge in [-0.3, -0.25) is 0 Å². The lowest BCUT2D eigenvalue weighted by atomic mass is 9.82. The smallest absolute Gasteiger partial charge is 0.193 e. The van der Waals surface area contributed by atoms with Crippen LogP contribution in [-0.2, 0) is 10.4 Å². The maximum atomic E-state index is 13.2.